The molecular weight excluding hydrogens is 337 g/mol. The summed E-state index contributed by atoms with van der Waals surface area (Å²) in [4.78, 5) is 24.9. The van der Waals surface area contributed by atoms with Gasteiger partial charge >= 0.3 is 6.18 Å². The normalized spacial score (nSPS) is 25.6. The van der Waals surface area contributed by atoms with Crippen LogP contribution in [0.5, 0.6) is 0 Å². The maximum Gasteiger partial charge on any atom is 0.426 e. The number of rotatable bonds is 4. The van der Waals surface area contributed by atoms with E-state index in [0.717, 1.165) is 4.90 Å². The number of hydrogen-bond donors (Lipinski definition) is 1. The number of carbonyl (C=O) groups excluding carboxylic acids is 2. The molecule has 0 aromatic heterocycles. The van der Waals surface area contributed by atoms with E-state index in [1.807, 2.05) is 6.07 Å². The van der Waals surface area contributed by atoms with Crippen molar-refractivity contribution < 1.29 is 27.9 Å². The van der Waals surface area contributed by atoms with Crippen molar-refractivity contribution in [1.82, 2.24) is 4.90 Å². The third kappa shape index (κ3) is 4.21. The third-order valence-electron chi connectivity index (χ3n) is 4.65. The van der Waals surface area contributed by atoms with E-state index in [1.54, 1.807) is 20.8 Å². The highest BCUT2D eigenvalue weighted by Gasteiger charge is 2.56. The zero-order valence-corrected chi connectivity index (χ0v) is 15.0. The summed E-state index contributed by atoms with van der Waals surface area (Å²) in [7, 11) is 1.18. The Hall–Kier alpha value is -1.88. The van der Waals surface area contributed by atoms with Gasteiger partial charge in [0.2, 0.25) is 5.60 Å². The molecular formula is C17H23F3N2O3. The second kappa shape index (κ2) is 6.45. The molecule has 1 N–H and O–H groups in total. The second-order valence-corrected chi connectivity index (χ2v) is 7.76. The van der Waals surface area contributed by atoms with Gasteiger partial charge in [-0.1, -0.05) is 26.8 Å². The summed E-state index contributed by atoms with van der Waals surface area (Å²) >= 11 is 0. The van der Waals surface area contributed by atoms with Gasteiger partial charge in [-0.05, 0) is 25.2 Å². The Labute approximate surface area is 145 Å². The van der Waals surface area contributed by atoms with Crippen molar-refractivity contribution in [3.8, 4) is 6.07 Å². The zero-order chi connectivity index (χ0) is 19.8. The van der Waals surface area contributed by atoms with Gasteiger partial charge in [-0.3, -0.25) is 9.59 Å². The molecule has 1 aliphatic carbocycles. The van der Waals surface area contributed by atoms with Crippen LogP contribution in [0.15, 0.2) is 11.6 Å². The Kier molecular flexibility index (Phi) is 5.46. The summed E-state index contributed by atoms with van der Waals surface area (Å²) in [6.45, 7) is 5.58. The van der Waals surface area contributed by atoms with Crippen molar-refractivity contribution in [2.24, 2.45) is 10.8 Å². The molecule has 25 heavy (non-hydrogen) atoms. The monoisotopic (exact) mass is 360 g/mol. The van der Waals surface area contributed by atoms with Crippen molar-refractivity contribution in [2.45, 2.75) is 52.3 Å². The third-order valence-corrected chi connectivity index (χ3v) is 4.65. The van der Waals surface area contributed by atoms with Crippen LogP contribution in [0.3, 0.4) is 0 Å². The summed E-state index contributed by atoms with van der Waals surface area (Å²) in [5, 5.41) is 18.6. The fraction of sp³-hybridized carbons (Fsp3) is 0.706. The summed E-state index contributed by atoms with van der Waals surface area (Å²) in [6, 6.07) is 1.86. The molecule has 2 atom stereocenters. The number of hydrogen-bond acceptors (Lipinski definition) is 4. The van der Waals surface area contributed by atoms with Crippen molar-refractivity contribution in [2.75, 3.05) is 13.6 Å². The lowest BCUT2D eigenvalue weighted by Gasteiger charge is -2.40. The molecule has 0 heterocycles. The van der Waals surface area contributed by atoms with Crippen LogP contribution in [0.4, 0.5) is 13.2 Å². The molecule has 0 aromatic carbocycles. The molecule has 0 spiro atoms. The summed E-state index contributed by atoms with van der Waals surface area (Å²) in [5.41, 5.74) is -4.83. The van der Waals surface area contributed by atoms with Crippen LogP contribution in [0.1, 0.15) is 40.5 Å². The molecule has 0 bridgehead atoms. The predicted octanol–water partition coefficient (Wildman–Crippen LogP) is 2.60. The summed E-state index contributed by atoms with van der Waals surface area (Å²) in [5.74, 6) is -1.71. The second-order valence-electron chi connectivity index (χ2n) is 7.76. The summed E-state index contributed by atoms with van der Waals surface area (Å²) in [6.07, 6.45) is -2.89. The van der Waals surface area contributed by atoms with Crippen LogP contribution in [0, 0.1) is 22.2 Å². The van der Waals surface area contributed by atoms with Gasteiger partial charge in [-0.25, -0.2) is 0 Å². The molecule has 1 amide bonds. The van der Waals surface area contributed by atoms with Crippen LogP contribution in [0.25, 0.3) is 0 Å². The Morgan fingerprint density at radius 1 is 1.40 bits per heavy atom. The van der Waals surface area contributed by atoms with Crippen molar-refractivity contribution in [3.05, 3.63) is 11.6 Å². The molecule has 0 aliphatic heterocycles. The Morgan fingerprint density at radius 3 is 2.36 bits per heavy atom. The molecule has 140 valence electrons. The van der Waals surface area contributed by atoms with Gasteiger partial charge in [-0.15, -0.1) is 0 Å². The van der Waals surface area contributed by atoms with Gasteiger partial charge in [0.25, 0.3) is 5.91 Å². The Morgan fingerprint density at radius 2 is 1.92 bits per heavy atom. The largest absolute Gasteiger partial charge is 0.426 e. The SMILES string of the molecule is CN(CC[C@]1(C)C=C(C#N)C(=O)C(C)(C)C1)C(=O)C(C)(O)C(F)(F)F. The number of aliphatic hydroxyl groups is 1. The maximum atomic E-state index is 12.8. The van der Waals surface area contributed by atoms with Gasteiger partial charge in [-0.2, -0.15) is 18.4 Å². The minimum atomic E-state index is -5.07. The lowest BCUT2D eigenvalue weighted by molar-refractivity contribution is -0.249. The van der Waals surface area contributed by atoms with Crippen LogP contribution in [0.2, 0.25) is 0 Å². The molecule has 0 saturated heterocycles. The lowest BCUT2D eigenvalue weighted by atomic mass is 9.64. The molecule has 5 nitrogen and oxygen atoms in total. The van der Waals surface area contributed by atoms with Crippen LogP contribution < -0.4 is 0 Å². The molecule has 0 fully saturated rings. The van der Waals surface area contributed by atoms with E-state index in [9.17, 15) is 27.9 Å². The number of nitrogens with zero attached hydrogens (tertiary/aromatic N) is 2. The van der Waals surface area contributed by atoms with E-state index in [1.165, 1.54) is 13.1 Å². The maximum absolute atomic E-state index is 12.8. The van der Waals surface area contributed by atoms with Crippen molar-refractivity contribution in [3.63, 3.8) is 0 Å². The Balaban J connectivity index is 2.94. The first kappa shape index (κ1) is 21.2. The number of halogens is 3. The molecule has 1 aliphatic rings. The zero-order valence-electron chi connectivity index (χ0n) is 15.0. The molecule has 1 unspecified atom stereocenters. The lowest BCUT2D eigenvalue weighted by Crippen LogP contribution is -2.55. The number of carbonyl (C=O) groups is 2. The minimum absolute atomic E-state index is 0.0232. The molecule has 1 rings (SSSR count). The first-order valence-electron chi connectivity index (χ1n) is 7.80. The molecule has 8 heteroatoms. The van der Waals surface area contributed by atoms with Gasteiger partial charge in [0, 0.05) is 19.0 Å². The quantitative estimate of drug-likeness (QED) is 0.836. The van der Waals surface area contributed by atoms with Crippen molar-refractivity contribution in [1.29, 1.82) is 5.26 Å². The highest BCUT2D eigenvalue weighted by atomic mass is 19.4. The average Bonchev–Trinajstić information content (AvgIpc) is 2.46. The minimum Gasteiger partial charge on any atom is -0.373 e. The van der Waals surface area contributed by atoms with Crippen LogP contribution >= 0.6 is 0 Å². The van der Waals surface area contributed by atoms with E-state index in [-0.39, 0.29) is 24.3 Å². The number of Topliss-reactive ketones (excluding diaryl/α,β-unsaturated/α-hetero) is 1. The first-order valence-corrected chi connectivity index (χ1v) is 7.80. The van der Waals surface area contributed by atoms with Gasteiger partial charge < -0.3 is 10.0 Å². The number of allylic oxidation sites excluding steroid dienone is 2. The van der Waals surface area contributed by atoms with E-state index < -0.39 is 28.5 Å². The van der Waals surface area contributed by atoms with Crippen molar-refractivity contribution >= 4 is 11.7 Å². The van der Waals surface area contributed by atoms with E-state index in [0.29, 0.717) is 13.3 Å². The molecule has 0 aromatic rings. The number of alkyl halides is 3. The standard InChI is InChI=1S/C17H23F3N2O3/c1-14(2)10-15(3,8-11(9-21)12(14)23)6-7-22(5)13(24)16(4,25)17(18,19)20/h8,25H,6-7,10H2,1-5H3/t15-,16?/m1/s1. The fourth-order valence-electron chi connectivity index (χ4n) is 3.18. The number of likely N-dealkylation sites (N-methyl/N-ethyl adjacent to an activating group) is 1. The summed E-state index contributed by atoms with van der Waals surface area (Å²) < 4.78 is 38.3. The first-order chi connectivity index (χ1) is 11.1. The van der Waals surface area contributed by atoms with Gasteiger partial charge in [0.05, 0.1) is 5.57 Å². The topological polar surface area (TPSA) is 81.4 Å². The number of amides is 1. The number of ketones is 1. The Bertz CT molecular complexity index is 645. The number of nitriles is 1. The van der Waals surface area contributed by atoms with E-state index >= 15 is 0 Å². The van der Waals surface area contributed by atoms with E-state index in [2.05, 4.69) is 0 Å². The highest BCUT2D eigenvalue weighted by molar-refractivity contribution is 6.03. The predicted molar refractivity (Wildman–Crippen MR) is 84.1 cm³/mol. The van der Waals surface area contributed by atoms with E-state index in [4.69, 9.17) is 5.26 Å². The van der Waals surface area contributed by atoms with Crippen LogP contribution in [-0.4, -0.2) is 47.1 Å². The average molecular weight is 360 g/mol. The van der Waals surface area contributed by atoms with Gasteiger partial charge in [0.1, 0.15) is 6.07 Å². The smallest absolute Gasteiger partial charge is 0.373 e. The van der Waals surface area contributed by atoms with Crippen LogP contribution in [-0.2, 0) is 9.59 Å². The highest BCUT2D eigenvalue weighted by Crippen LogP contribution is 2.44. The molecule has 0 radical (unpaired) electrons. The van der Waals surface area contributed by atoms with Gasteiger partial charge in [0.15, 0.2) is 5.78 Å². The molecule has 0 saturated carbocycles. The fourth-order valence-corrected chi connectivity index (χ4v) is 3.18.